The van der Waals surface area contributed by atoms with Crippen LogP contribution in [0.4, 0.5) is 5.69 Å². The van der Waals surface area contributed by atoms with Crippen LogP contribution in [0, 0.1) is 5.92 Å². The Balaban J connectivity index is 1.47. The van der Waals surface area contributed by atoms with Crippen molar-refractivity contribution in [2.45, 2.75) is 29.9 Å². The Hall–Kier alpha value is -2.23. The normalized spacial score (nSPS) is 20.3. The molecular formula is C21H25N3O4S2. The number of nitrogens with one attached hydrogen (secondary N) is 1. The van der Waals surface area contributed by atoms with E-state index in [0.717, 1.165) is 25.9 Å². The number of piperidine rings is 1. The highest BCUT2D eigenvalue weighted by Crippen LogP contribution is 2.28. The molecule has 0 radical (unpaired) electrons. The minimum absolute atomic E-state index is 0.0751. The summed E-state index contributed by atoms with van der Waals surface area (Å²) in [6, 6.07) is 10.3. The molecule has 1 N–H and O–H groups in total. The molecular weight excluding hydrogens is 422 g/mol. The van der Waals surface area contributed by atoms with E-state index >= 15 is 0 Å². The average molecular weight is 448 g/mol. The van der Waals surface area contributed by atoms with Crippen LogP contribution in [0.2, 0.25) is 0 Å². The van der Waals surface area contributed by atoms with Gasteiger partial charge in [0.1, 0.15) is 4.21 Å². The predicted molar refractivity (Wildman–Crippen MR) is 116 cm³/mol. The van der Waals surface area contributed by atoms with Crippen LogP contribution in [-0.2, 0) is 14.8 Å². The standard InChI is InChI=1S/C21H25N3O4S2/c25-20(16-7-5-13-24(15-16)30(27,28)19-10-6-14-29-19)22-18-9-2-1-8-17(18)21(26)23-11-3-4-12-23/h1-2,6,8-10,14,16H,3-5,7,11-13,15H2,(H,22,25). The van der Waals surface area contributed by atoms with Crippen LogP contribution in [0.3, 0.4) is 0 Å². The first-order valence-electron chi connectivity index (χ1n) is 10.2. The second-order valence-corrected chi connectivity index (χ2v) is 10.8. The van der Waals surface area contributed by atoms with Crippen molar-refractivity contribution < 1.29 is 18.0 Å². The molecule has 7 nitrogen and oxygen atoms in total. The molecule has 160 valence electrons. The van der Waals surface area contributed by atoms with Gasteiger partial charge in [-0.15, -0.1) is 11.3 Å². The lowest BCUT2D eigenvalue weighted by Crippen LogP contribution is -2.43. The Morgan fingerprint density at radius 3 is 2.50 bits per heavy atom. The van der Waals surface area contributed by atoms with Gasteiger partial charge in [-0.3, -0.25) is 9.59 Å². The number of amides is 2. The number of anilines is 1. The first kappa shape index (κ1) is 21.0. The van der Waals surface area contributed by atoms with E-state index in [2.05, 4.69) is 5.32 Å². The predicted octanol–water partition coefficient (Wildman–Crippen LogP) is 3.02. The molecule has 9 heteroatoms. The lowest BCUT2D eigenvalue weighted by molar-refractivity contribution is -0.120. The molecule has 0 bridgehead atoms. The minimum atomic E-state index is -3.58. The highest BCUT2D eigenvalue weighted by Gasteiger charge is 2.34. The second kappa shape index (κ2) is 8.87. The largest absolute Gasteiger partial charge is 0.339 e. The molecule has 1 unspecified atom stereocenters. The van der Waals surface area contributed by atoms with Crippen molar-refractivity contribution >= 4 is 38.9 Å². The molecule has 2 saturated heterocycles. The fourth-order valence-corrected chi connectivity index (χ4v) is 6.68. The monoisotopic (exact) mass is 447 g/mol. The van der Waals surface area contributed by atoms with Gasteiger partial charge >= 0.3 is 0 Å². The van der Waals surface area contributed by atoms with Gasteiger partial charge in [0.2, 0.25) is 5.91 Å². The van der Waals surface area contributed by atoms with E-state index in [4.69, 9.17) is 0 Å². The number of likely N-dealkylation sites (tertiary alicyclic amines) is 1. The molecule has 2 fully saturated rings. The summed E-state index contributed by atoms with van der Waals surface area (Å²) in [4.78, 5) is 27.6. The number of para-hydroxylation sites is 1. The van der Waals surface area contributed by atoms with Crippen molar-refractivity contribution in [3.8, 4) is 0 Å². The van der Waals surface area contributed by atoms with Crippen LogP contribution >= 0.6 is 11.3 Å². The van der Waals surface area contributed by atoms with E-state index in [-0.39, 0.29) is 18.4 Å². The fraction of sp³-hybridized carbons (Fsp3) is 0.429. The summed E-state index contributed by atoms with van der Waals surface area (Å²) in [5, 5.41) is 4.62. The maximum Gasteiger partial charge on any atom is 0.255 e. The smallest absolute Gasteiger partial charge is 0.255 e. The summed E-state index contributed by atoms with van der Waals surface area (Å²) in [6.07, 6.45) is 3.23. The number of hydrogen-bond donors (Lipinski definition) is 1. The van der Waals surface area contributed by atoms with Gasteiger partial charge in [-0.1, -0.05) is 18.2 Å². The molecule has 1 atom stereocenters. The molecule has 2 aliphatic rings. The number of carbonyl (C=O) groups is 2. The third kappa shape index (κ3) is 4.28. The van der Waals surface area contributed by atoms with Crippen LogP contribution in [0.25, 0.3) is 0 Å². The van der Waals surface area contributed by atoms with E-state index in [1.165, 1.54) is 15.6 Å². The number of rotatable bonds is 5. The number of nitrogens with zero attached hydrogens (tertiary/aromatic N) is 2. The van der Waals surface area contributed by atoms with Gasteiger partial charge in [-0.2, -0.15) is 4.31 Å². The summed E-state index contributed by atoms with van der Waals surface area (Å²) in [6.45, 7) is 2.03. The number of carbonyl (C=O) groups excluding carboxylic acids is 2. The van der Waals surface area contributed by atoms with Gasteiger partial charge in [-0.25, -0.2) is 8.42 Å². The average Bonchev–Trinajstić information content (AvgIpc) is 3.48. The first-order chi connectivity index (χ1) is 14.5. The highest BCUT2D eigenvalue weighted by molar-refractivity contribution is 7.91. The molecule has 0 saturated carbocycles. The van der Waals surface area contributed by atoms with E-state index in [1.807, 2.05) is 0 Å². The Labute approximate surface area is 180 Å². The van der Waals surface area contributed by atoms with Crippen molar-refractivity contribution in [3.05, 3.63) is 47.3 Å². The second-order valence-electron chi connectivity index (χ2n) is 7.67. The van der Waals surface area contributed by atoms with Crippen molar-refractivity contribution in [2.24, 2.45) is 5.92 Å². The quantitative estimate of drug-likeness (QED) is 0.763. The number of benzene rings is 1. The molecule has 0 spiro atoms. The van der Waals surface area contributed by atoms with Gasteiger partial charge in [0.25, 0.3) is 15.9 Å². The topological polar surface area (TPSA) is 86.8 Å². The lowest BCUT2D eigenvalue weighted by Gasteiger charge is -2.31. The zero-order valence-electron chi connectivity index (χ0n) is 16.6. The van der Waals surface area contributed by atoms with Gasteiger partial charge < -0.3 is 10.2 Å². The molecule has 30 heavy (non-hydrogen) atoms. The maximum absolute atomic E-state index is 13.0. The Bertz CT molecular complexity index is 1010. The van der Waals surface area contributed by atoms with Gasteiger partial charge in [-0.05, 0) is 49.3 Å². The Morgan fingerprint density at radius 2 is 1.77 bits per heavy atom. The Kier molecular flexibility index (Phi) is 6.21. The van der Waals surface area contributed by atoms with Crippen LogP contribution < -0.4 is 5.32 Å². The van der Waals surface area contributed by atoms with E-state index in [9.17, 15) is 18.0 Å². The molecule has 0 aliphatic carbocycles. The zero-order valence-corrected chi connectivity index (χ0v) is 18.3. The fourth-order valence-electron chi connectivity index (χ4n) is 4.02. The first-order valence-corrected chi connectivity index (χ1v) is 12.5. The van der Waals surface area contributed by atoms with E-state index < -0.39 is 15.9 Å². The molecule has 1 aromatic heterocycles. The number of hydrogen-bond acceptors (Lipinski definition) is 5. The van der Waals surface area contributed by atoms with Crippen LogP contribution in [0.5, 0.6) is 0 Å². The van der Waals surface area contributed by atoms with Crippen molar-refractivity contribution in [2.75, 3.05) is 31.5 Å². The molecule has 2 aliphatic heterocycles. The lowest BCUT2D eigenvalue weighted by atomic mass is 9.98. The summed E-state index contributed by atoms with van der Waals surface area (Å²) in [7, 11) is -3.58. The van der Waals surface area contributed by atoms with E-state index in [1.54, 1.807) is 46.7 Å². The molecule has 4 rings (SSSR count). The summed E-state index contributed by atoms with van der Waals surface area (Å²) < 4.78 is 27.3. The number of thiophene rings is 1. The molecule has 1 aromatic carbocycles. The van der Waals surface area contributed by atoms with Gasteiger partial charge in [0.15, 0.2) is 0 Å². The molecule has 2 amide bonds. The van der Waals surface area contributed by atoms with Crippen LogP contribution in [0.15, 0.2) is 46.0 Å². The van der Waals surface area contributed by atoms with Crippen molar-refractivity contribution in [1.29, 1.82) is 0 Å². The SMILES string of the molecule is O=C(Nc1ccccc1C(=O)N1CCCC1)C1CCCN(S(=O)(=O)c2cccs2)C1. The third-order valence-corrected chi connectivity index (χ3v) is 8.89. The highest BCUT2D eigenvalue weighted by atomic mass is 32.2. The molecule has 3 heterocycles. The third-order valence-electron chi connectivity index (χ3n) is 5.65. The van der Waals surface area contributed by atoms with Crippen LogP contribution in [0.1, 0.15) is 36.0 Å². The summed E-state index contributed by atoms with van der Waals surface area (Å²) in [5.74, 6) is -0.778. The zero-order chi connectivity index (χ0) is 21.1. The number of sulfonamides is 1. The summed E-state index contributed by atoms with van der Waals surface area (Å²) >= 11 is 1.18. The van der Waals surface area contributed by atoms with Crippen molar-refractivity contribution in [1.82, 2.24) is 9.21 Å². The van der Waals surface area contributed by atoms with Gasteiger partial charge in [0.05, 0.1) is 17.2 Å². The summed E-state index contributed by atoms with van der Waals surface area (Å²) in [5.41, 5.74) is 0.962. The minimum Gasteiger partial charge on any atom is -0.339 e. The molecule has 2 aromatic rings. The van der Waals surface area contributed by atoms with Crippen LogP contribution in [-0.4, -0.2) is 55.6 Å². The van der Waals surface area contributed by atoms with E-state index in [0.29, 0.717) is 34.8 Å². The van der Waals surface area contributed by atoms with Gasteiger partial charge in [0, 0.05) is 26.2 Å². The van der Waals surface area contributed by atoms with Crippen molar-refractivity contribution in [3.63, 3.8) is 0 Å². The maximum atomic E-state index is 13.0. The Morgan fingerprint density at radius 1 is 1.00 bits per heavy atom.